The first-order valence-electron chi connectivity index (χ1n) is 20.8. The van der Waals surface area contributed by atoms with E-state index in [9.17, 15) is 24.0 Å². The average Bonchev–Trinajstić information content (AvgIpc) is 4.12. The molecule has 5 heterocycles. The number of aromatic nitrogens is 4. The normalized spacial score (nSPS) is 18.0. The van der Waals surface area contributed by atoms with Crippen LogP contribution in [0.4, 0.5) is 9.59 Å². The van der Waals surface area contributed by atoms with Crippen LogP contribution in [0.15, 0.2) is 70.0 Å². The fourth-order valence-corrected chi connectivity index (χ4v) is 8.61. The quantitative estimate of drug-likeness (QED) is 0.106. The van der Waals surface area contributed by atoms with Crippen LogP contribution < -0.4 is 16.1 Å². The summed E-state index contributed by atoms with van der Waals surface area (Å²) in [6.45, 7) is 6.51. The van der Waals surface area contributed by atoms with Gasteiger partial charge in [0.1, 0.15) is 34.9 Å². The van der Waals surface area contributed by atoms with Crippen molar-refractivity contribution in [3.05, 3.63) is 82.7 Å². The number of hydrogen-bond acceptors (Lipinski definition) is 11. The zero-order chi connectivity index (χ0) is 43.8. The van der Waals surface area contributed by atoms with Crippen molar-refractivity contribution < 1.29 is 37.8 Å². The highest BCUT2D eigenvalue weighted by Crippen LogP contribution is 2.36. The summed E-state index contributed by atoms with van der Waals surface area (Å²) in [5, 5.41) is 6.14. The number of fused-ring (bicyclic) bond motifs is 3. The summed E-state index contributed by atoms with van der Waals surface area (Å²) in [6, 6.07) is 14.5. The van der Waals surface area contributed by atoms with Crippen LogP contribution in [0.5, 0.6) is 0 Å². The Bertz CT molecular complexity index is 2740. The Labute approximate surface area is 356 Å². The predicted molar refractivity (Wildman–Crippen MR) is 230 cm³/mol. The van der Waals surface area contributed by atoms with Crippen molar-refractivity contribution in [3.63, 3.8) is 0 Å². The molecule has 0 unspecified atom stereocenters. The van der Waals surface area contributed by atoms with Crippen LogP contribution in [0, 0.1) is 5.92 Å². The Hall–Kier alpha value is -6.75. The molecule has 2 fully saturated rings. The maximum atomic E-state index is 14.0. The van der Waals surface area contributed by atoms with E-state index >= 15 is 0 Å². The Balaban J connectivity index is 1.02. The first-order chi connectivity index (χ1) is 29.9. The lowest BCUT2D eigenvalue weighted by molar-refractivity contribution is -0.137. The number of likely N-dealkylation sites (tertiary alicyclic amines) is 2. The van der Waals surface area contributed by atoms with Gasteiger partial charge in [0.2, 0.25) is 17.2 Å². The third kappa shape index (κ3) is 7.95. The Morgan fingerprint density at radius 1 is 0.742 bits per heavy atom. The molecule has 4 N–H and O–H groups in total. The van der Waals surface area contributed by atoms with Crippen LogP contribution in [0.25, 0.3) is 55.4 Å². The number of alkyl carbamates (subject to hydrolysis) is 2. The number of amides is 4. The molecule has 2 aliphatic rings. The van der Waals surface area contributed by atoms with Gasteiger partial charge in [-0.05, 0) is 92.1 Å². The summed E-state index contributed by atoms with van der Waals surface area (Å²) in [5.74, 6) is 0.648. The van der Waals surface area contributed by atoms with E-state index in [2.05, 4.69) is 25.6 Å². The van der Waals surface area contributed by atoms with Gasteiger partial charge in [-0.2, -0.15) is 0 Å². The standard InChI is InChI=1S/C45H50N8O9/c1-23(2)37(50-44(57)60-5)42(55)52-17-7-9-33(52)40-46-22-32(49-40)27-13-16-35-29(19-27)39(54)28-14-11-26(21-36(28)62-35)25-12-15-30-31(20-25)48-41(47-30)34-10-8-18-53(34)43(56)38(24(3)59-4)51-45(58)61-6/h11-16,19-24,33-34,37-38H,7-10,17-18H2,1-6H3,(H,46,49)(H,47,48)(H,50,57)(H,51,58)/t24-,33+,34+,37+,38+/m1/s1. The minimum absolute atomic E-state index is 0.151. The van der Waals surface area contributed by atoms with Crippen molar-refractivity contribution in [1.29, 1.82) is 0 Å². The van der Waals surface area contributed by atoms with Crippen molar-refractivity contribution in [2.75, 3.05) is 34.4 Å². The fraction of sp³-hybridized carbons (Fsp3) is 0.400. The highest BCUT2D eigenvalue weighted by atomic mass is 16.5. The van der Waals surface area contributed by atoms with E-state index in [1.165, 1.54) is 21.3 Å². The van der Waals surface area contributed by atoms with Crippen molar-refractivity contribution in [2.45, 2.75) is 76.7 Å². The van der Waals surface area contributed by atoms with Crippen LogP contribution in [-0.4, -0.2) is 106 Å². The van der Waals surface area contributed by atoms with Gasteiger partial charge in [-0.15, -0.1) is 0 Å². The lowest BCUT2D eigenvalue weighted by Crippen LogP contribution is -2.54. The number of methoxy groups -OCH3 is 3. The van der Waals surface area contributed by atoms with E-state index in [-0.39, 0.29) is 35.2 Å². The maximum Gasteiger partial charge on any atom is 0.407 e. The van der Waals surface area contributed by atoms with Crippen LogP contribution in [0.2, 0.25) is 0 Å². The number of nitrogens with zero attached hydrogens (tertiary/aromatic N) is 4. The van der Waals surface area contributed by atoms with E-state index in [0.29, 0.717) is 65.2 Å². The number of imidazole rings is 2. The Kier molecular flexibility index (Phi) is 11.7. The van der Waals surface area contributed by atoms with E-state index < -0.39 is 30.4 Å². The number of rotatable bonds is 11. The molecule has 0 bridgehead atoms. The molecule has 6 aromatic rings. The molecule has 17 heteroatoms. The van der Waals surface area contributed by atoms with Crippen LogP contribution in [0.1, 0.15) is 70.2 Å². The summed E-state index contributed by atoms with van der Waals surface area (Å²) in [7, 11) is 4.00. The molecule has 0 aliphatic carbocycles. The molecule has 2 saturated heterocycles. The lowest BCUT2D eigenvalue weighted by Gasteiger charge is -2.30. The first kappa shape index (κ1) is 42.0. The van der Waals surface area contributed by atoms with E-state index in [1.54, 1.807) is 41.1 Å². The number of benzene rings is 3. The zero-order valence-electron chi connectivity index (χ0n) is 35.4. The van der Waals surface area contributed by atoms with Crippen LogP contribution in [-0.2, 0) is 23.8 Å². The summed E-state index contributed by atoms with van der Waals surface area (Å²) in [6.07, 6.45) is 2.72. The van der Waals surface area contributed by atoms with Gasteiger partial charge in [-0.3, -0.25) is 14.4 Å². The second-order valence-electron chi connectivity index (χ2n) is 16.2. The molecule has 8 rings (SSSR count). The van der Waals surface area contributed by atoms with Crippen LogP contribution in [0.3, 0.4) is 0 Å². The summed E-state index contributed by atoms with van der Waals surface area (Å²) >= 11 is 0. The number of carbonyl (C=O) groups excluding carboxylic acids is 4. The molecule has 0 spiro atoms. The van der Waals surface area contributed by atoms with Gasteiger partial charge < -0.3 is 49.0 Å². The molecule has 3 aromatic carbocycles. The first-order valence-corrected chi connectivity index (χ1v) is 20.8. The number of aromatic amines is 2. The van der Waals surface area contributed by atoms with Gasteiger partial charge in [0.05, 0.1) is 66.1 Å². The number of carbonyl (C=O) groups is 4. The van der Waals surface area contributed by atoms with Gasteiger partial charge in [0.25, 0.3) is 0 Å². The molecular formula is C45H50N8O9. The van der Waals surface area contributed by atoms with E-state index in [0.717, 1.165) is 40.6 Å². The number of ether oxygens (including phenoxy) is 3. The van der Waals surface area contributed by atoms with Gasteiger partial charge in [-0.25, -0.2) is 19.6 Å². The summed E-state index contributed by atoms with van der Waals surface area (Å²) < 4.78 is 21.3. The van der Waals surface area contributed by atoms with Crippen molar-refractivity contribution in [3.8, 4) is 22.4 Å². The van der Waals surface area contributed by atoms with E-state index in [1.807, 2.05) is 50.2 Å². The maximum absolute atomic E-state index is 14.0. The topological polar surface area (TPSA) is 214 Å². The predicted octanol–water partition coefficient (Wildman–Crippen LogP) is 6.35. The molecule has 324 valence electrons. The third-order valence-corrected chi connectivity index (χ3v) is 12.1. The number of H-pyrrole nitrogens is 2. The monoisotopic (exact) mass is 846 g/mol. The van der Waals surface area contributed by atoms with Gasteiger partial charge in [0, 0.05) is 25.8 Å². The molecule has 5 atom stereocenters. The Morgan fingerprint density at radius 2 is 1.37 bits per heavy atom. The number of hydrogen-bond donors (Lipinski definition) is 4. The SMILES string of the molecule is COC(=O)N[C@H](C(=O)N1CCC[C@H]1c1ncc(-c2ccc3oc4cc(-c5ccc6nc([C@@H]7CCCN7C(=O)[C@@H](NC(=O)OC)[C@@H](C)OC)[nH]c6c5)ccc4c(=O)c3c2)[nH]1)C(C)C. The summed E-state index contributed by atoms with van der Waals surface area (Å²) in [4.78, 5) is 85.2. The van der Waals surface area contributed by atoms with Gasteiger partial charge in [0.15, 0.2) is 0 Å². The van der Waals surface area contributed by atoms with Gasteiger partial charge >= 0.3 is 12.2 Å². The molecule has 62 heavy (non-hydrogen) atoms. The molecule has 2 aliphatic heterocycles. The molecule has 3 aromatic heterocycles. The van der Waals surface area contributed by atoms with E-state index in [4.69, 9.17) is 23.6 Å². The molecule has 4 amide bonds. The minimum Gasteiger partial charge on any atom is -0.456 e. The second kappa shape index (κ2) is 17.3. The minimum atomic E-state index is -0.933. The second-order valence-corrected chi connectivity index (χ2v) is 16.2. The highest BCUT2D eigenvalue weighted by Gasteiger charge is 2.40. The Morgan fingerprint density at radius 3 is 2.05 bits per heavy atom. The van der Waals surface area contributed by atoms with Crippen LogP contribution >= 0.6 is 0 Å². The summed E-state index contributed by atoms with van der Waals surface area (Å²) in [5.41, 5.74) is 5.35. The van der Waals surface area contributed by atoms with Crippen molar-refractivity contribution >= 4 is 57.0 Å². The number of nitrogens with one attached hydrogen (secondary N) is 4. The molecular weight excluding hydrogens is 797 g/mol. The third-order valence-electron chi connectivity index (χ3n) is 12.1. The molecule has 0 saturated carbocycles. The van der Waals surface area contributed by atoms with Crippen molar-refractivity contribution in [2.24, 2.45) is 5.92 Å². The molecule has 17 nitrogen and oxygen atoms in total. The molecule has 0 radical (unpaired) electrons. The fourth-order valence-electron chi connectivity index (χ4n) is 8.61. The largest absolute Gasteiger partial charge is 0.456 e. The average molecular weight is 847 g/mol. The van der Waals surface area contributed by atoms with Gasteiger partial charge in [-0.1, -0.05) is 26.0 Å². The smallest absolute Gasteiger partial charge is 0.407 e. The highest BCUT2D eigenvalue weighted by molar-refractivity contribution is 5.94. The zero-order valence-corrected chi connectivity index (χ0v) is 35.4. The lowest BCUT2D eigenvalue weighted by atomic mass is 10.0. The van der Waals surface area contributed by atoms with Crippen molar-refractivity contribution in [1.82, 2.24) is 40.4 Å².